The van der Waals surface area contributed by atoms with Crippen molar-refractivity contribution in [3.63, 3.8) is 0 Å². The number of para-hydroxylation sites is 1. The van der Waals surface area contributed by atoms with E-state index in [9.17, 15) is 0 Å². The Bertz CT molecular complexity index is 840. The fourth-order valence-corrected chi connectivity index (χ4v) is 4.48. The van der Waals surface area contributed by atoms with Crippen molar-refractivity contribution in [3.8, 4) is 0 Å². The van der Waals surface area contributed by atoms with Crippen LogP contribution >= 0.6 is 23.5 Å². The number of hydrogen-bond acceptors (Lipinski definition) is 4. The molecule has 4 rings (SSSR count). The van der Waals surface area contributed by atoms with Crippen molar-refractivity contribution in [2.24, 2.45) is 0 Å². The normalized spacial score (nSPS) is 12.7. The topological polar surface area (TPSA) is 38.0 Å². The van der Waals surface area contributed by atoms with Gasteiger partial charge in [-0.05, 0) is 42.5 Å². The van der Waals surface area contributed by atoms with E-state index in [1.807, 2.05) is 12.1 Å². The van der Waals surface area contributed by atoms with Crippen molar-refractivity contribution >= 4 is 40.6 Å². The SMILES string of the molecule is Nc1ccc2c(c1)Nc1ccccc1Sc1ccccc1S2. The maximum absolute atomic E-state index is 5.97. The molecule has 0 aliphatic carbocycles. The molecule has 0 atom stereocenters. The smallest absolute Gasteiger partial charge is 0.0547 e. The zero-order valence-electron chi connectivity index (χ0n) is 11.7. The molecule has 108 valence electrons. The molecule has 0 amide bonds. The monoisotopic (exact) mass is 322 g/mol. The third kappa shape index (κ3) is 2.56. The highest BCUT2D eigenvalue weighted by molar-refractivity contribution is 8.02. The summed E-state index contributed by atoms with van der Waals surface area (Å²) in [5.74, 6) is 0. The van der Waals surface area contributed by atoms with Gasteiger partial charge < -0.3 is 11.1 Å². The van der Waals surface area contributed by atoms with Crippen molar-refractivity contribution in [2.75, 3.05) is 11.1 Å². The largest absolute Gasteiger partial charge is 0.399 e. The molecule has 3 aromatic carbocycles. The van der Waals surface area contributed by atoms with Gasteiger partial charge in [0.25, 0.3) is 0 Å². The Balaban J connectivity index is 1.94. The minimum Gasteiger partial charge on any atom is -0.399 e. The van der Waals surface area contributed by atoms with Crippen LogP contribution in [-0.2, 0) is 0 Å². The maximum atomic E-state index is 5.97. The van der Waals surface area contributed by atoms with Gasteiger partial charge >= 0.3 is 0 Å². The summed E-state index contributed by atoms with van der Waals surface area (Å²) in [6.07, 6.45) is 0. The Morgan fingerprint density at radius 2 is 1.23 bits per heavy atom. The molecule has 3 aromatic rings. The number of nitrogens with two attached hydrogens (primary N) is 1. The lowest BCUT2D eigenvalue weighted by Gasteiger charge is -2.12. The van der Waals surface area contributed by atoms with Gasteiger partial charge in [-0.15, -0.1) is 0 Å². The molecule has 0 bridgehead atoms. The molecule has 22 heavy (non-hydrogen) atoms. The molecule has 0 saturated heterocycles. The number of rotatable bonds is 0. The second-order valence-corrected chi connectivity index (χ2v) is 7.20. The standard InChI is InChI=1S/C18H14N2S2/c19-12-9-10-16-14(11-12)20-13-5-1-2-6-15(13)21-17-7-3-4-8-18(17)22-16/h1-11,20H,19H2. The molecule has 0 aromatic heterocycles. The predicted octanol–water partition coefficient (Wildman–Crippen LogP) is 5.63. The lowest BCUT2D eigenvalue weighted by molar-refractivity contribution is 1.24. The number of nitrogen functional groups attached to an aromatic ring is 1. The average Bonchev–Trinajstić information content (AvgIpc) is 2.59. The second-order valence-electron chi connectivity index (χ2n) is 5.03. The number of hydrogen-bond donors (Lipinski definition) is 2. The Morgan fingerprint density at radius 1 is 0.636 bits per heavy atom. The molecule has 0 unspecified atom stereocenters. The number of benzene rings is 3. The molecule has 1 heterocycles. The van der Waals surface area contributed by atoms with Crippen molar-refractivity contribution < 1.29 is 0 Å². The van der Waals surface area contributed by atoms with E-state index in [0.29, 0.717) is 0 Å². The first-order chi connectivity index (χ1) is 10.8. The van der Waals surface area contributed by atoms with Crippen LogP contribution in [0.2, 0.25) is 0 Å². The molecule has 1 aliphatic heterocycles. The Morgan fingerprint density at radius 3 is 1.95 bits per heavy atom. The summed E-state index contributed by atoms with van der Waals surface area (Å²) in [7, 11) is 0. The van der Waals surface area contributed by atoms with Gasteiger partial charge in [-0.3, -0.25) is 0 Å². The third-order valence-corrected chi connectivity index (χ3v) is 5.88. The van der Waals surface area contributed by atoms with Crippen LogP contribution in [-0.4, -0.2) is 0 Å². The molecule has 4 heteroatoms. The summed E-state index contributed by atoms with van der Waals surface area (Å²) in [5.41, 5.74) is 8.90. The summed E-state index contributed by atoms with van der Waals surface area (Å²) in [4.78, 5) is 4.92. The average molecular weight is 322 g/mol. The highest BCUT2D eigenvalue weighted by Gasteiger charge is 2.15. The Labute approximate surface area is 138 Å². The van der Waals surface area contributed by atoms with E-state index in [1.54, 1.807) is 23.5 Å². The van der Waals surface area contributed by atoms with Crippen molar-refractivity contribution in [3.05, 3.63) is 66.7 Å². The molecule has 0 radical (unpaired) electrons. The van der Waals surface area contributed by atoms with Crippen LogP contribution in [0.5, 0.6) is 0 Å². The molecular weight excluding hydrogens is 308 g/mol. The van der Waals surface area contributed by atoms with Crippen LogP contribution in [0.15, 0.2) is 86.3 Å². The lowest BCUT2D eigenvalue weighted by atomic mass is 10.2. The molecule has 0 saturated carbocycles. The van der Waals surface area contributed by atoms with E-state index in [2.05, 4.69) is 59.9 Å². The van der Waals surface area contributed by atoms with Crippen LogP contribution in [0.3, 0.4) is 0 Å². The molecule has 1 aliphatic rings. The van der Waals surface area contributed by atoms with Crippen LogP contribution in [0.25, 0.3) is 0 Å². The molecule has 0 fully saturated rings. The number of anilines is 3. The zero-order valence-corrected chi connectivity index (χ0v) is 13.4. The van der Waals surface area contributed by atoms with Crippen molar-refractivity contribution in [2.45, 2.75) is 19.6 Å². The Kier molecular flexibility index (Phi) is 3.48. The van der Waals surface area contributed by atoms with Gasteiger partial charge in [0, 0.05) is 25.3 Å². The summed E-state index contributed by atoms with van der Waals surface area (Å²) < 4.78 is 0. The van der Waals surface area contributed by atoms with E-state index < -0.39 is 0 Å². The van der Waals surface area contributed by atoms with E-state index >= 15 is 0 Å². The van der Waals surface area contributed by atoms with E-state index in [1.165, 1.54) is 19.6 Å². The summed E-state index contributed by atoms with van der Waals surface area (Å²) >= 11 is 3.56. The van der Waals surface area contributed by atoms with E-state index in [-0.39, 0.29) is 0 Å². The van der Waals surface area contributed by atoms with Gasteiger partial charge in [-0.25, -0.2) is 0 Å². The van der Waals surface area contributed by atoms with Gasteiger partial charge in [0.05, 0.1) is 11.4 Å². The number of fused-ring (bicyclic) bond motifs is 3. The third-order valence-electron chi connectivity index (χ3n) is 3.45. The summed E-state index contributed by atoms with van der Waals surface area (Å²) in [5, 5.41) is 3.54. The predicted molar refractivity (Wildman–Crippen MR) is 95.3 cm³/mol. The van der Waals surface area contributed by atoms with Crippen molar-refractivity contribution in [1.82, 2.24) is 0 Å². The van der Waals surface area contributed by atoms with Gasteiger partial charge in [0.1, 0.15) is 0 Å². The number of nitrogens with one attached hydrogen (secondary N) is 1. The summed E-state index contributed by atoms with van der Waals surface area (Å²) in [6, 6.07) is 22.9. The van der Waals surface area contributed by atoms with Gasteiger partial charge in [-0.1, -0.05) is 47.8 Å². The molecule has 2 nitrogen and oxygen atoms in total. The fraction of sp³-hybridized carbons (Fsp3) is 0. The zero-order chi connectivity index (χ0) is 14.9. The minimum absolute atomic E-state index is 0.768. The highest BCUT2D eigenvalue weighted by Crippen LogP contribution is 2.46. The lowest BCUT2D eigenvalue weighted by Crippen LogP contribution is -1.95. The molecule has 0 spiro atoms. The summed E-state index contributed by atoms with van der Waals surface area (Å²) in [6.45, 7) is 0. The van der Waals surface area contributed by atoms with E-state index in [4.69, 9.17) is 5.73 Å². The van der Waals surface area contributed by atoms with Gasteiger partial charge in [-0.2, -0.15) is 0 Å². The van der Waals surface area contributed by atoms with E-state index in [0.717, 1.165) is 17.1 Å². The maximum Gasteiger partial charge on any atom is 0.0547 e. The van der Waals surface area contributed by atoms with Crippen LogP contribution in [0.4, 0.5) is 17.1 Å². The first kappa shape index (κ1) is 13.6. The van der Waals surface area contributed by atoms with Crippen LogP contribution in [0.1, 0.15) is 0 Å². The Hall–Kier alpha value is -2.04. The second kappa shape index (κ2) is 5.63. The molecular formula is C18H14N2S2. The quantitative estimate of drug-likeness (QED) is 0.412. The minimum atomic E-state index is 0.768. The van der Waals surface area contributed by atoms with Crippen LogP contribution < -0.4 is 11.1 Å². The van der Waals surface area contributed by atoms with Crippen LogP contribution in [0, 0.1) is 0 Å². The fourth-order valence-electron chi connectivity index (χ4n) is 2.39. The van der Waals surface area contributed by atoms with Crippen molar-refractivity contribution in [1.29, 1.82) is 0 Å². The first-order valence-corrected chi connectivity index (χ1v) is 8.63. The molecule has 3 N–H and O–H groups in total. The first-order valence-electron chi connectivity index (χ1n) is 7.00. The van der Waals surface area contributed by atoms with Gasteiger partial charge in [0.2, 0.25) is 0 Å². The highest BCUT2D eigenvalue weighted by atomic mass is 32.2. The van der Waals surface area contributed by atoms with Gasteiger partial charge in [0.15, 0.2) is 0 Å².